The first-order chi connectivity index (χ1) is 13.5. The van der Waals surface area contributed by atoms with Crippen LogP contribution >= 0.6 is 0 Å². The van der Waals surface area contributed by atoms with E-state index in [0.717, 1.165) is 11.1 Å². The Balaban J connectivity index is 1.69. The van der Waals surface area contributed by atoms with Crippen molar-refractivity contribution in [3.8, 4) is 11.8 Å². The van der Waals surface area contributed by atoms with E-state index in [0.29, 0.717) is 23.5 Å². The van der Waals surface area contributed by atoms with E-state index in [2.05, 4.69) is 6.07 Å². The highest BCUT2D eigenvalue weighted by Gasteiger charge is 2.07. The highest BCUT2D eigenvalue weighted by atomic mass is 19.1. The van der Waals surface area contributed by atoms with E-state index in [1.807, 2.05) is 12.1 Å². The Kier molecular flexibility index (Phi) is 5.78. The zero-order chi connectivity index (χ0) is 19.9. The Labute approximate surface area is 161 Å². The standard InChI is InChI=1S/C22H15FN2O3/c23-20-7-1-17(2-8-20)15-28-22-11-3-16(4-12-22)13-19(14-24)18-5-9-21(10-6-18)25(26)27/h1-13H,15H2/b19-13-. The molecule has 5 nitrogen and oxygen atoms in total. The minimum atomic E-state index is -0.482. The van der Waals surface area contributed by atoms with E-state index in [-0.39, 0.29) is 11.5 Å². The van der Waals surface area contributed by atoms with E-state index >= 15 is 0 Å². The van der Waals surface area contributed by atoms with Crippen LogP contribution in [0.2, 0.25) is 0 Å². The Bertz CT molecular complexity index is 1040. The molecule has 3 aromatic carbocycles. The number of non-ortho nitro benzene ring substituents is 1. The summed E-state index contributed by atoms with van der Waals surface area (Å²) in [7, 11) is 0. The van der Waals surface area contributed by atoms with E-state index in [4.69, 9.17) is 4.74 Å². The number of allylic oxidation sites excluding steroid dienone is 1. The topological polar surface area (TPSA) is 76.2 Å². The van der Waals surface area contributed by atoms with Gasteiger partial charge in [0.05, 0.1) is 16.6 Å². The van der Waals surface area contributed by atoms with Crippen LogP contribution in [0, 0.1) is 27.3 Å². The van der Waals surface area contributed by atoms with Crippen molar-refractivity contribution in [1.82, 2.24) is 0 Å². The monoisotopic (exact) mass is 374 g/mol. The highest BCUT2D eigenvalue weighted by Crippen LogP contribution is 2.22. The van der Waals surface area contributed by atoms with Gasteiger partial charge in [-0.2, -0.15) is 5.26 Å². The van der Waals surface area contributed by atoms with E-state index in [1.165, 1.54) is 24.3 Å². The first-order valence-corrected chi connectivity index (χ1v) is 8.39. The van der Waals surface area contributed by atoms with Gasteiger partial charge in [-0.05, 0) is 59.2 Å². The van der Waals surface area contributed by atoms with Crippen LogP contribution in [0.1, 0.15) is 16.7 Å². The number of hydrogen-bond acceptors (Lipinski definition) is 4. The van der Waals surface area contributed by atoms with Crippen LogP contribution in [0.15, 0.2) is 72.8 Å². The molecule has 6 heteroatoms. The van der Waals surface area contributed by atoms with Gasteiger partial charge < -0.3 is 4.74 Å². The molecule has 0 unspecified atom stereocenters. The van der Waals surface area contributed by atoms with Crippen molar-refractivity contribution in [2.45, 2.75) is 6.61 Å². The van der Waals surface area contributed by atoms with Gasteiger partial charge >= 0.3 is 0 Å². The van der Waals surface area contributed by atoms with E-state index in [1.54, 1.807) is 42.5 Å². The molecular formula is C22H15FN2O3. The summed E-state index contributed by atoms with van der Waals surface area (Å²) in [5, 5.41) is 20.1. The fourth-order valence-electron chi connectivity index (χ4n) is 2.52. The molecule has 0 atom stereocenters. The summed E-state index contributed by atoms with van der Waals surface area (Å²) in [6, 6.07) is 21.2. The lowest BCUT2D eigenvalue weighted by Gasteiger charge is -2.07. The van der Waals surface area contributed by atoms with Gasteiger partial charge in [-0.3, -0.25) is 10.1 Å². The molecule has 0 fully saturated rings. The molecule has 0 heterocycles. The summed E-state index contributed by atoms with van der Waals surface area (Å²) in [6.07, 6.45) is 1.70. The van der Waals surface area contributed by atoms with Crippen LogP contribution in [-0.4, -0.2) is 4.92 Å². The molecule has 28 heavy (non-hydrogen) atoms. The smallest absolute Gasteiger partial charge is 0.269 e. The van der Waals surface area contributed by atoms with Crippen LogP contribution in [0.3, 0.4) is 0 Å². The number of ether oxygens (including phenoxy) is 1. The molecule has 0 N–H and O–H groups in total. The first kappa shape index (κ1) is 18.8. The lowest BCUT2D eigenvalue weighted by Crippen LogP contribution is -1.95. The summed E-state index contributed by atoms with van der Waals surface area (Å²) in [5.74, 6) is 0.358. The molecular weight excluding hydrogens is 359 g/mol. The molecule has 0 saturated heterocycles. The van der Waals surface area contributed by atoms with Crippen molar-refractivity contribution in [2.75, 3.05) is 0 Å². The second-order valence-electron chi connectivity index (χ2n) is 5.96. The number of rotatable bonds is 6. The normalized spacial score (nSPS) is 10.9. The number of halogens is 1. The maximum absolute atomic E-state index is 12.9. The largest absolute Gasteiger partial charge is 0.489 e. The van der Waals surface area contributed by atoms with Gasteiger partial charge in [-0.1, -0.05) is 24.3 Å². The zero-order valence-electron chi connectivity index (χ0n) is 14.7. The molecule has 3 rings (SSSR count). The number of nitriles is 1. The van der Waals surface area contributed by atoms with Crippen molar-refractivity contribution in [3.63, 3.8) is 0 Å². The van der Waals surface area contributed by atoms with Crippen molar-refractivity contribution in [3.05, 3.63) is 105 Å². The average Bonchev–Trinajstić information content (AvgIpc) is 2.72. The fraction of sp³-hybridized carbons (Fsp3) is 0.0455. The van der Waals surface area contributed by atoms with Crippen LogP contribution in [-0.2, 0) is 6.61 Å². The van der Waals surface area contributed by atoms with Gasteiger partial charge in [0, 0.05) is 12.1 Å². The van der Waals surface area contributed by atoms with Gasteiger partial charge in [-0.25, -0.2) is 4.39 Å². The number of nitro benzene ring substituents is 1. The molecule has 138 valence electrons. The van der Waals surface area contributed by atoms with Gasteiger partial charge in [-0.15, -0.1) is 0 Å². The Morgan fingerprint density at radius 1 is 1.04 bits per heavy atom. The summed E-state index contributed by atoms with van der Waals surface area (Å²) >= 11 is 0. The second-order valence-corrected chi connectivity index (χ2v) is 5.96. The SMILES string of the molecule is N#C/C(=C/c1ccc(OCc2ccc(F)cc2)cc1)c1ccc([N+](=O)[O-])cc1. The Morgan fingerprint density at radius 3 is 2.25 bits per heavy atom. The highest BCUT2D eigenvalue weighted by molar-refractivity contribution is 5.89. The number of nitrogens with zero attached hydrogens (tertiary/aromatic N) is 2. The lowest BCUT2D eigenvalue weighted by molar-refractivity contribution is -0.384. The van der Waals surface area contributed by atoms with Crippen LogP contribution in [0.4, 0.5) is 10.1 Å². The molecule has 0 aliphatic heterocycles. The molecule has 0 radical (unpaired) electrons. The summed E-state index contributed by atoms with van der Waals surface area (Å²) in [6.45, 7) is 0.321. The number of nitro groups is 1. The van der Waals surface area contributed by atoms with E-state index in [9.17, 15) is 19.8 Å². The average molecular weight is 374 g/mol. The van der Waals surface area contributed by atoms with Crippen molar-refractivity contribution in [2.24, 2.45) is 0 Å². The quantitative estimate of drug-likeness (QED) is 0.251. The van der Waals surface area contributed by atoms with Crippen molar-refractivity contribution < 1.29 is 14.1 Å². The molecule has 0 aliphatic rings. The molecule has 3 aromatic rings. The molecule has 0 bridgehead atoms. The van der Waals surface area contributed by atoms with Crippen LogP contribution in [0.25, 0.3) is 11.6 Å². The minimum absolute atomic E-state index is 0.0244. The summed E-state index contributed by atoms with van der Waals surface area (Å²) < 4.78 is 18.6. The van der Waals surface area contributed by atoms with Gasteiger partial charge in [0.15, 0.2) is 0 Å². The Hall–Kier alpha value is -3.98. The summed E-state index contributed by atoms with van der Waals surface area (Å²) in [5.41, 5.74) is 2.63. The lowest BCUT2D eigenvalue weighted by atomic mass is 10.0. The maximum Gasteiger partial charge on any atom is 0.269 e. The summed E-state index contributed by atoms with van der Waals surface area (Å²) in [4.78, 5) is 10.2. The zero-order valence-corrected chi connectivity index (χ0v) is 14.7. The fourth-order valence-corrected chi connectivity index (χ4v) is 2.52. The predicted octanol–water partition coefficient (Wildman–Crippen LogP) is 5.38. The third-order valence-electron chi connectivity index (χ3n) is 4.02. The Morgan fingerprint density at radius 2 is 1.68 bits per heavy atom. The molecule has 0 aromatic heterocycles. The van der Waals surface area contributed by atoms with Crippen LogP contribution < -0.4 is 4.74 Å². The minimum Gasteiger partial charge on any atom is -0.489 e. The maximum atomic E-state index is 12.9. The van der Waals surface area contributed by atoms with Gasteiger partial charge in [0.25, 0.3) is 5.69 Å². The third-order valence-corrected chi connectivity index (χ3v) is 4.02. The van der Waals surface area contributed by atoms with Crippen molar-refractivity contribution in [1.29, 1.82) is 5.26 Å². The van der Waals surface area contributed by atoms with Gasteiger partial charge in [0.1, 0.15) is 18.2 Å². The molecule has 0 saturated carbocycles. The predicted molar refractivity (Wildman–Crippen MR) is 104 cm³/mol. The molecule has 0 spiro atoms. The second kappa shape index (κ2) is 8.60. The van der Waals surface area contributed by atoms with Gasteiger partial charge in [0.2, 0.25) is 0 Å². The van der Waals surface area contributed by atoms with E-state index < -0.39 is 4.92 Å². The molecule has 0 aliphatic carbocycles. The first-order valence-electron chi connectivity index (χ1n) is 8.39. The van der Waals surface area contributed by atoms with Crippen LogP contribution in [0.5, 0.6) is 5.75 Å². The number of hydrogen-bond donors (Lipinski definition) is 0. The molecule has 0 amide bonds. The third kappa shape index (κ3) is 4.80. The number of benzene rings is 3. The van der Waals surface area contributed by atoms with Crippen molar-refractivity contribution >= 4 is 17.3 Å².